The highest BCUT2D eigenvalue weighted by atomic mass is 16.4. The number of rotatable bonds is 2. The van der Waals surface area contributed by atoms with Crippen LogP contribution >= 0.6 is 0 Å². The van der Waals surface area contributed by atoms with E-state index < -0.39 is 11.4 Å². The zero-order chi connectivity index (χ0) is 9.35. The maximum atomic E-state index is 11.3. The molecule has 0 heterocycles. The molecule has 1 N–H and O–H groups in total. The normalized spacial score (nSPS) is 27.5. The highest BCUT2D eigenvalue weighted by Crippen LogP contribution is 2.41. The lowest BCUT2D eigenvalue weighted by Gasteiger charge is -2.23. The molecule has 1 rings (SSSR count). The molecule has 1 atom stereocenters. The van der Waals surface area contributed by atoms with Crippen LogP contribution in [0.5, 0.6) is 0 Å². The Morgan fingerprint density at radius 3 is 2.58 bits per heavy atom. The summed E-state index contributed by atoms with van der Waals surface area (Å²) in [7, 11) is 0. The lowest BCUT2D eigenvalue weighted by molar-refractivity contribution is -0.139. The first-order valence-corrected chi connectivity index (χ1v) is 4.19. The number of aliphatic carboxylic acids is 1. The van der Waals surface area contributed by atoms with Crippen LogP contribution in [0.2, 0.25) is 0 Å². The van der Waals surface area contributed by atoms with Gasteiger partial charge in [-0.3, -0.25) is 9.59 Å². The summed E-state index contributed by atoms with van der Waals surface area (Å²) in [6.45, 7) is 3.69. The Balaban J connectivity index is 2.68. The standard InChI is InChI=1S/C9H14O3/c1-9(2)6(5-8(11)12)3-4-7(9)10/h6H,3-5H2,1-2H3,(H,11,12). The van der Waals surface area contributed by atoms with Crippen LogP contribution in [0.15, 0.2) is 0 Å². The Morgan fingerprint density at radius 1 is 1.67 bits per heavy atom. The molecule has 0 aromatic heterocycles. The van der Waals surface area contributed by atoms with E-state index in [0.29, 0.717) is 6.42 Å². The fourth-order valence-electron chi connectivity index (χ4n) is 1.78. The van der Waals surface area contributed by atoms with Crippen LogP contribution in [0.4, 0.5) is 0 Å². The highest BCUT2D eigenvalue weighted by Gasteiger charge is 2.42. The zero-order valence-electron chi connectivity index (χ0n) is 7.46. The van der Waals surface area contributed by atoms with Crippen molar-refractivity contribution in [3.63, 3.8) is 0 Å². The van der Waals surface area contributed by atoms with Crippen molar-refractivity contribution in [2.45, 2.75) is 33.1 Å². The first-order chi connectivity index (χ1) is 5.44. The van der Waals surface area contributed by atoms with Crippen LogP contribution in [-0.2, 0) is 9.59 Å². The Morgan fingerprint density at radius 2 is 2.25 bits per heavy atom. The molecule has 1 unspecified atom stereocenters. The zero-order valence-corrected chi connectivity index (χ0v) is 7.46. The van der Waals surface area contributed by atoms with Crippen LogP contribution in [0, 0.1) is 11.3 Å². The largest absolute Gasteiger partial charge is 0.481 e. The first kappa shape index (κ1) is 9.23. The average molecular weight is 170 g/mol. The Kier molecular flexibility index (Phi) is 2.22. The van der Waals surface area contributed by atoms with Gasteiger partial charge in [0.1, 0.15) is 5.78 Å². The predicted molar refractivity (Wildman–Crippen MR) is 43.8 cm³/mol. The van der Waals surface area contributed by atoms with Gasteiger partial charge in [0.05, 0.1) is 0 Å². The quantitative estimate of drug-likeness (QED) is 0.682. The summed E-state index contributed by atoms with van der Waals surface area (Å²) in [6.07, 6.45) is 1.40. The van der Waals surface area contributed by atoms with E-state index in [0.717, 1.165) is 6.42 Å². The summed E-state index contributed by atoms with van der Waals surface area (Å²) in [5.41, 5.74) is -0.418. The third-order valence-electron chi connectivity index (χ3n) is 2.88. The van der Waals surface area contributed by atoms with Crippen molar-refractivity contribution in [3.8, 4) is 0 Å². The molecule has 1 fully saturated rings. The Labute approximate surface area is 71.8 Å². The number of ketones is 1. The van der Waals surface area contributed by atoms with Crippen LogP contribution < -0.4 is 0 Å². The summed E-state index contributed by atoms with van der Waals surface area (Å²) in [4.78, 5) is 21.7. The molecule has 12 heavy (non-hydrogen) atoms. The fourth-order valence-corrected chi connectivity index (χ4v) is 1.78. The maximum absolute atomic E-state index is 11.3. The topological polar surface area (TPSA) is 54.4 Å². The molecule has 0 spiro atoms. The van der Waals surface area contributed by atoms with E-state index in [1.807, 2.05) is 13.8 Å². The van der Waals surface area contributed by atoms with Gasteiger partial charge in [0, 0.05) is 18.3 Å². The number of carbonyl (C=O) groups is 2. The van der Waals surface area contributed by atoms with Gasteiger partial charge in [-0.25, -0.2) is 0 Å². The number of hydrogen-bond donors (Lipinski definition) is 1. The minimum atomic E-state index is -0.803. The molecule has 0 aliphatic heterocycles. The molecule has 1 aliphatic carbocycles. The van der Waals surface area contributed by atoms with Crippen molar-refractivity contribution in [3.05, 3.63) is 0 Å². The lowest BCUT2D eigenvalue weighted by atomic mass is 9.79. The molecule has 3 heteroatoms. The van der Waals surface area contributed by atoms with Crippen molar-refractivity contribution in [2.75, 3.05) is 0 Å². The number of carboxylic acids is 1. The van der Waals surface area contributed by atoms with E-state index in [9.17, 15) is 9.59 Å². The van der Waals surface area contributed by atoms with Gasteiger partial charge in [-0.1, -0.05) is 13.8 Å². The smallest absolute Gasteiger partial charge is 0.303 e. The molecule has 1 saturated carbocycles. The number of carbonyl (C=O) groups excluding carboxylic acids is 1. The fraction of sp³-hybridized carbons (Fsp3) is 0.778. The van der Waals surface area contributed by atoms with Gasteiger partial charge in [-0.05, 0) is 12.3 Å². The summed E-state index contributed by atoms with van der Waals surface area (Å²) >= 11 is 0. The van der Waals surface area contributed by atoms with Crippen molar-refractivity contribution in [2.24, 2.45) is 11.3 Å². The van der Waals surface area contributed by atoms with Gasteiger partial charge in [-0.15, -0.1) is 0 Å². The van der Waals surface area contributed by atoms with Crippen molar-refractivity contribution in [1.82, 2.24) is 0 Å². The Hall–Kier alpha value is -0.860. The van der Waals surface area contributed by atoms with Gasteiger partial charge in [0.25, 0.3) is 0 Å². The molecule has 3 nitrogen and oxygen atoms in total. The minimum Gasteiger partial charge on any atom is -0.481 e. The second kappa shape index (κ2) is 2.88. The molecule has 0 saturated heterocycles. The van der Waals surface area contributed by atoms with E-state index >= 15 is 0 Å². The van der Waals surface area contributed by atoms with Crippen LogP contribution in [-0.4, -0.2) is 16.9 Å². The van der Waals surface area contributed by atoms with Crippen molar-refractivity contribution >= 4 is 11.8 Å². The Bertz CT molecular complexity index is 218. The summed E-state index contributed by atoms with van der Waals surface area (Å²) in [6, 6.07) is 0. The van der Waals surface area contributed by atoms with Gasteiger partial charge in [0.15, 0.2) is 0 Å². The molecular weight excluding hydrogens is 156 g/mol. The van der Waals surface area contributed by atoms with Crippen LogP contribution in [0.25, 0.3) is 0 Å². The second-order valence-electron chi connectivity index (χ2n) is 3.98. The SMILES string of the molecule is CC1(C)C(=O)CCC1CC(=O)O. The summed E-state index contributed by atoms with van der Waals surface area (Å²) < 4.78 is 0. The summed E-state index contributed by atoms with van der Waals surface area (Å²) in [5.74, 6) is -0.570. The molecule has 0 aromatic rings. The molecule has 0 radical (unpaired) electrons. The maximum Gasteiger partial charge on any atom is 0.303 e. The van der Waals surface area contributed by atoms with Gasteiger partial charge in [-0.2, -0.15) is 0 Å². The van der Waals surface area contributed by atoms with Crippen LogP contribution in [0.1, 0.15) is 33.1 Å². The van der Waals surface area contributed by atoms with Gasteiger partial charge in [0.2, 0.25) is 0 Å². The van der Waals surface area contributed by atoms with Gasteiger partial charge < -0.3 is 5.11 Å². The van der Waals surface area contributed by atoms with Crippen molar-refractivity contribution in [1.29, 1.82) is 0 Å². The molecule has 0 bridgehead atoms. The molecule has 0 aromatic carbocycles. The first-order valence-electron chi connectivity index (χ1n) is 4.19. The highest BCUT2D eigenvalue weighted by molar-refractivity contribution is 5.87. The van der Waals surface area contributed by atoms with E-state index in [2.05, 4.69) is 0 Å². The molecular formula is C9H14O3. The molecule has 68 valence electrons. The monoisotopic (exact) mass is 170 g/mol. The number of carboxylic acid groups (broad SMARTS) is 1. The number of hydrogen-bond acceptors (Lipinski definition) is 2. The van der Waals surface area contributed by atoms with E-state index in [4.69, 9.17) is 5.11 Å². The van der Waals surface area contributed by atoms with E-state index in [1.54, 1.807) is 0 Å². The minimum absolute atomic E-state index is 0.0301. The van der Waals surface area contributed by atoms with E-state index in [1.165, 1.54) is 0 Å². The average Bonchev–Trinajstić information content (AvgIpc) is 2.15. The molecule has 0 amide bonds. The third-order valence-corrected chi connectivity index (χ3v) is 2.88. The second-order valence-corrected chi connectivity index (χ2v) is 3.98. The predicted octanol–water partition coefficient (Wildman–Crippen LogP) is 1.47. The summed E-state index contributed by atoms with van der Waals surface area (Å²) in [5, 5.41) is 8.58. The van der Waals surface area contributed by atoms with Crippen LogP contribution in [0.3, 0.4) is 0 Å². The molecule has 1 aliphatic rings. The lowest BCUT2D eigenvalue weighted by Crippen LogP contribution is -2.26. The van der Waals surface area contributed by atoms with E-state index in [-0.39, 0.29) is 18.1 Å². The van der Waals surface area contributed by atoms with Gasteiger partial charge >= 0.3 is 5.97 Å². The third kappa shape index (κ3) is 1.49. The van der Waals surface area contributed by atoms with Crippen molar-refractivity contribution < 1.29 is 14.7 Å². The number of Topliss-reactive ketones (excluding diaryl/α,β-unsaturated/α-hetero) is 1.